The Morgan fingerprint density at radius 1 is 1.50 bits per heavy atom. The van der Waals surface area contributed by atoms with Crippen LogP contribution in [0.4, 0.5) is 0 Å². The van der Waals surface area contributed by atoms with Gasteiger partial charge in [-0.15, -0.1) is 9.73 Å². The van der Waals surface area contributed by atoms with Gasteiger partial charge in [0.1, 0.15) is 12.7 Å². The van der Waals surface area contributed by atoms with Crippen LogP contribution in [0.1, 0.15) is 0 Å². The molecule has 0 aromatic carbocycles. The molecule has 0 atom stereocenters. The Morgan fingerprint density at radius 3 is 3.38 bits per heavy atom. The van der Waals surface area contributed by atoms with E-state index in [-0.39, 0.29) is 0 Å². The summed E-state index contributed by atoms with van der Waals surface area (Å²) in [5.41, 5.74) is 0. The lowest BCUT2D eigenvalue weighted by molar-refractivity contribution is 0.821. The molecule has 0 aliphatic carbocycles. The summed E-state index contributed by atoms with van der Waals surface area (Å²) in [4.78, 5) is 7.60. The van der Waals surface area contributed by atoms with Crippen molar-refractivity contribution in [3.63, 3.8) is 0 Å². The normalized spacial score (nSPS) is 10.5. The van der Waals surface area contributed by atoms with Gasteiger partial charge in [-0.3, -0.25) is 5.10 Å². The molecule has 0 aliphatic heterocycles. The van der Waals surface area contributed by atoms with Gasteiger partial charge in [0.15, 0.2) is 0 Å². The topological polar surface area (TPSA) is 58.9 Å². The summed E-state index contributed by atoms with van der Waals surface area (Å²) in [5, 5.41) is 6.50. The molecular formula is C3H3N5. The zero-order chi connectivity index (χ0) is 5.40. The number of aromatic amines is 1. The Kier molecular flexibility index (Phi) is 0.476. The third-order valence-electron chi connectivity index (χ3n) is 0.890. The number of fused-ring (bicyclic) bond motifs is 1. The first-order valence-electron chi connectivity index (χ1n) is 2.16. The van der Waals surface area contributed by atoms with E-state index < -0.39 is 0 Å². The molecule has 0 saturated carbocycles. The lowest BCUT2D eigenvalue weighted by atomic mass is 11.1. The molecule has 2 heterocycles. The second kappa shape index (κ2) is 1.06. The van der Waals surface area contributed by atoms with Crippen molar-refractivity contribution >= 4 is 5.78 Å². The van der Waals surface area contributed by atoms with E-state index in [4.69, 9.17) is 0 Å². The van der Waals surface area contributed by atoms with E-state index in [9.17, 15) is 0 Å². The molecule has 0 saturated heterocycles. The van der Waals surface area contributed by atoms with Gasteiger partial charge in [0, 0.05) is 0 Å². The minimum atomic E-state index is 0.602. The van der Waals surface area contributed by atoms with Crippen molar-refractivity contribution in [2.45, 2.75) is 0 Å². The highest BCUT2D eigenvalue weighted by molar-refractivity contribution is 5.19. The van der Waals surface area contributed by atoms with Gasteiger partial charge in [-0.2, -0.15) is 9.97 Å². The van der Waals surface area contributed by atoms with E-state index in [0.29, 0.717) is 5.78 Å². The summed E-state index contributed by atoms with van der Waals surface area (Å²) in [6.07, 6.45) is 2.98. The van der Waals surface area contributed by atoms with E-state index in [2.05, 4.69) is 20.2 Å². The van der Waals surface area contributed by atoms with Gasteiger partial charge in [-0.25, -0.2) is 0 Å². The Balaban J connectivity index is 3.06. The number of H-pyrrole nitrogens is 1. The van der Waals surface area contributed by atoms with Crippen molar-refractivity contribution in [2.24, 2.45) is 0 Å². The number of hydrogen-bond donors (Lipinski definition) is 1. The summed E-state index contributed by atoms with van der Waals surface area (Å²) in [7, 11) is 0. The van der Waals surface area contributed by atoms with Crippen LogP contribution in [0, 0.1) is 0 Å². The van der Waals surface area contributed by atoms with E-state index in [1.54, 1.807) is 0 Å². The van der Waals surface area contributed by atoms with Gasteiger partial charge in [0.05, 0.1) is 0 Å². The highest BCUT2D eigenvalue weighted by Crippen LogP contribution is 1.84. The minimum absolute atomic E-state index is 0.602. The Labute approximate surface area is 44.4 Å². The zero-order valence-corrected chi connectivity index (χ0v) is 3.94. The predicted molar refractivity (Wildman–Crippen MR) is 25.1 cm³/mol. The van der Waals surface area contributed by atoms with Crippen LogP contribution in [0.15, 0.2) is 12.7 Å². The van der Waals surface area contributed by atoms with E-state index in [0.717, 1.165) is 0 Å². The summed E-state index contributed by atoms with van der Waals surface area (Å²) in [6, 6.07) is 0. The summed E-state index contributed by atoms with van der Waals surface area (Å²) < 4.78 is 1.49. The number of aromatic nitrogens is 5. The number of nitrogens with zero attached hydrogens (tertiary/aromatic N) is 4. The van der Waals surface area contributed by atoms with Crippen molar-refractivity contribution in [3.8, 4) is 0 Å². The number of hydrogen-bond acceptors (Lipinski definition) is 3. The lowest BCUT2D eigenvalue weighted by Gasteiger charge is -1.69. The molecule has 40 valence electrons. The van der Waals surface area contributed by atoms with E-state index in [1.807, 2.05) is 0 Å². The molecule has 2 rings (SSSR count). The molecule has 2 aromatic heterocycles. The zero-order valence-electron chi connectivity index (χ0n) is 3.94. The van der Waals surface area contributed by atoms with E-state index in [1.165, 1.54) is 17.3 Å². The first-order valence-corrected chi connectivity index (χ1v) is 2.16. The molecule has 0 bridgehead atoms. The standard InChI is InChI=1S/C3H3N5/c1-4-3-5-2-7-8(3)6-1/h1-2H,(H,4,5,6,7). The molecule has 1 N–H and O–H groups in total. The molecule has 0 spiro atoms. The molecule has 0 fully saturated rings. The van der Waals surface area contributed by atoms with Gasteiger partial charge in [-0.05, 0) is 0 Å². The van der Waals surface area contributed by atoms with Gasteiger partial charge in [-0.1, -0.05) is 0 Å². The monoisotopic (exact) mass is 109 g/mol. The third-order valence-corrected chi connectivity index (χ3v) is 0.890. The Morgan fingerprint density at radius 2 is 2.50 bits per heavy atom. The molecule has 5 heteroatoms. The SMILES string of the molecule is c1nc2nc[nH]n2n1. The lowest BCUT2D eigenvalue weighted by Crippen LogP contribution is -1.82. The van der Waals surface area contributed by atoms with Crippen LogP contribution in [0.3, 0.4) is 0 Å². The first kappa shape index (κ1) is 3.59. The minimum Gasteiger partial charge on any atom is -0.264 e. The molecule has 0 amide bonds. The Hall–Kier alpha value is -1.39. The maximum atomic E-state index is 3.81. The third kappa shape index (κ3) is 0.281. The maximum absolute atomic E-state index is 3.81. The smallest absolute Gasteiger partial charge is 0.264 e. The second-order valence-corrected chi connectivity index (χ2v) is 1.36. The fourth-order valence-electron chi connectivity index (χ4n) is 0.556. The van der Waals surface area contributed by atoms with Crippen LogP contribution in [0.5, 0.6) is 0 Å². The average molecular weight is 109 g/mol. The highest BCUT2D eigenvalue weighted by Gasteiger charge is 1.90. The second-order valence-electron chi connectivity index (χ2n) is 1.36. The van der Waals surface area contributed by atoms with Crippen molar-refractivity contribution in [1.29, 1.82) is 0 Å². The molecule has 2 aromatic rings. The van der Waals surface area contributed by atoms with Crippen LogP contribution in [0.25, 0.3) is 5.78 Å². The van der Waals surface area contributed by atoms with Crippen molar-refractivity contribution in [3.05, 3.63) is 12.7 Å². The summed E-state index contributed by atoms with van der Waals surface area (Å²) in [5.74, 6) is 0.602. The number of nitrogens with one attached hydrogen (secondary N) is 1. The molecular weight excluding hydrogens is 106 g/mol. The van der Waals surface area contributed by atoms with Gasteiger partial charge >= 0.3 is 0 Å². The van der Waals surface area contributed by atoms with Crippen LogP contribution < -0.4 is 0 Å². The fourth-order valence-corrected chi connectivity index (χ4v) is 0.556. The van der Waals surface area contributed by atoms with E-state index >= 15 is 0 Å². The van der Waals surface area contributed by atoms with Crippen LogP contribution in [-0.4, -0.2) is 24.8 Å². The van der Waals surface area contributed by atoms with Crippen molar-refractivity contribution < 1.29 is 0 Å². The van der Waals surface area contributed by atoms with Crippen LogP contribution >= 0.6 is 0 Å². The van der Waals surface area contributed by atoms with Gasteiger partial charge in [0.2, 0.25) is 0 Å². The largest absolute Gasteiger partial charge is 0.269 e. The van der Waals surface area contributed by atoms with Crippen LogP contribution in [-0.2, 0) is 0 Å². The van der Waals surface area contributed by atoms with Crippen molar-refractivity contribution in [2.75, 3.05) is 0 Å². The molecule has 0 radical (unpaired) electrons. The molecule has 0 aliphatic rings. The predicted octanol–water partition coefficient (Wildman–Crippen LogP) is -0.548. The highest BCUT2D eigenvalue weighted by atomic mass is 15.5. The quantitative estimate of drug-likeness (QED) is 0.494. The van der Waals surface area contributed by atoms with Crippen molar-refractivity contribution in [1.82, 2.24) is 24.8 Å². The maximum Gasteiger partial charge on any atom is 0.269 e. The molecule has 8 heavy (non-hydrogen) atoms. The fraction of sp³-hybridized carbons (Fsp3) is 0. The van der Waals surface area contributed by atoms with Gasteiger partial charge in [0.25, 0.3) is 5.78 Å². The molecule has 0 unspecified atom stereocenters. The van der Waals surface area contributed by atoms with Crippen LogP contribution in [0.2, 0.25) is 0 Å². The molecule has 5 nitrogen and oxygen atoms in total. The van der Waals surface area contributed by atoms with Gasteiger partial charge < -0.3 is 0 Å². The Bertz CT molecular complexity index is 229. The summed E-state index contributed by atoms with van der Waals surface area (Å²) >= 11 is 0. The summed E-state index contributed by atoms with van der Waals surface area (Å²) in [6.45, 7) is 0. The average Bonchev–Trinajstić information content (AvgIpc) is 2.15. The first-order chi connectivity index (χ1) is 3.97. The number of rotatable bonds is 0.